The third kappa shape index (κ3) is 26.8. The molecule has 3 N–H and O–H groups in total. The number of isocyanates is 1. The molecule has 0 aliphatic carbocycles. The fraction of sp³-hybridized carbons (Fsp3) is 0.857. The molecule has 0 saturated carbocycles. The number of unbranched alkanes of at least 4 members (excludes halogenated alkanes) is 2. The minimum Gasteiger partial charge on any atom is -0.368 e. The normalized spacial score (nSPS) is 8.36. The van der Waals surface area contributed by atoms with Gasteiger partial charge < -0.3 is 10.2 Å². The lowest BCUT2D eigenvalue weighted by atomic mass is 10.2. The molecule has 0 fully saturated rings. The van der Waals surface area contributed by atoms with E-state index < -0.39 is 6.29 Å². The molecular weight excluding hydrogens is 146 g/mol. The van der Waals surface area contributed by atoms with Crippen LogP contribution in [-0.2, 0) is 4.79 Å². The zero-order valence-corrected chi connectivity index (χ0v) is 6.71. The molecule has 11 heavy (non-hydrogen) atoms. The lowest BCUT2D eigenvalue weighted by molar-refractivity contribution is -0.0465. The smallest absolute Gasteiger partial charge is 0.231 e. The van der Waals surface area contributed by atoms with Gasteiger partial charge in [-0.05, 0) is 12.8 Å². The highest BCUT2D eigenvalue weighted by Gasteiger charge is 1.93. The third-order valence-electron chi connectivity index (χ3n) is 1.07. The maximum atomic E-state index is 8.35. The predicted octanol–water partition coefficient (Wildman–Crippen LogP) is 0.778. The lowest BCUT2D eigenvalue weighted by Crippen LogP contribution is -2.02. The SMILES string of the molecule is CCCCCC(O)O.N=C=O. The molecule has 0 amide bonds. The summed E-state index contributed by atoms with van der Waals surface area (Å²) < 4.78 is 0. The van der Waals surface area contributed by atoms with Gasteiger partial charge in [0.25, 0.3) is 0 Å². The first kappa shape index (κ1) is 12.9. The number of rotatable bonds is 4. The van der Waals surface area contributed by atoms with Crippen LogP contribution in [-0.4, -0.2) is 22.6 Å². The number of hydrogen-bond donors (Lipinski definition) is 3. The quantitative estimate of drug-likeness (QED) is 0.246. The fourth-order valence-electron chi connectivity index (χ4n) is 0.577. The van der Waals surface area contributed by atoms with Crippen molar-refractivity contribution >= 4 is 6.08 Å². The van der Waals surface area contributed by atoms with Gasteiger partial charge in [-0.1, -0.05) is 19.8 Å². The highest BCUT2D eigenvalue weighted by Crippen LogP contribution is 1.99. The van der Waals surface area contributed by atoms with Crippen molar-refractivity contribution in [2.45, 2.75) is 38.9 Å². The molecule has 4 nitrogen and oxygen atoms in total. The van der Waals surface area contributed by atoms with Crippen molar-refractivity contribution in [1.29, 1.82) is 5.41 Å². The second-order valence-electron chi connectivity index (χ2n) is 2.08. The first-order valence-corrected chi connectivity index (χ1v) is 3.59. The van der Waals surface area contributed by atoms with Gasteiger partial charge in [-0.2, -0.15) is 0 Å². The molecule has 0 rings (SSSR count). The molecule has 66 valence electrons. The first-order chi connectivity index (χ1) is 5.18. The Morgan fingerprint density at radius 1 is 1.45 bits per heavy atom. The van der Waals surface area contributed by atoms with Crippen molar-refractivity contribution in [1.82, 2.24) is 0 Å². The van der Waals surface area contributed by atoms with E-state index >= 15 is 0 Å². The Labute approximate surface area is 66.4 Å². The lowest BCUT2D eigenvalue weighted by Gasteiger charge is -1.99. The highest BCUT2D eigenvalue weighted by atomic mass is 16.5. The van der Waals surface area contributed by atoms with E-state index in [4.69, 9.17) is 20.4 Å². The van der Waals surface area contributed by atoms with E-state index in [1.54, 1.807) is 0 Å². The van der Waals surface area contributed by atoms with Crippen LogP contribution in [0.2, 0.25) is 0 Å². The second kappa shape index (κ2) is 12.0. The summed E-state index contributed by atoms with van der Waals surface area (Å²) in [4.78, 5) is 8.35. The van der Waals surface area contributed by atoms with E-state index in [9.17, 15) is 0 Å². The number of nitrogens with one attached hydrogen (secondary N) is 1. The molecule has 0 spiro atoms. The molecule has 0 aromatic rings. The Morgan fingerprint density at radius 2 is 1.91 bits per heavy atom. The van der Waals surface area contributed by atoms with Crippen molar-refractivity contribution in [2.24, 2.45) is 0 Å². The summed E-state index contributed by atoms with van der Waals surface area (Å²) in [6.45, 7) is 2.09. The molecule has 0 aromatic carbocycles. The molecule has 0 atom stereocenters. The van der Waals surface area contributed by atoms with Crippen LogP contribution in [0.25, 0.3) is 0 Å². The maximum Gasteiger partial charge on any atom is 0.231 e. The molecular formula is C7H15NO3. The van der Waals surface area contributed by atoms with Crippen molar-refractivity contribution in [3.05, 3.63) is 0 Å². The Bertz CT molecular complexity index is 97.9. The van der Waals surface area contributed by atoms with Crippen LogP contribution < -0.4 is 0 Å². The van der Waals surface area contributed by atoms with E-state index in [0.29, 0.717) is 6.42 Å². The molecule has 0 aliphatic rings. The van der Waals surface area contributed by atoms with Gasteiger partial charge >= 0.3 is 0 Å². The Morgan fingerprint density at radius 3 is 2.18 bits per heavy atom. The van der Waals surface area contributed by atoms with Crippen LogP contribution in [0.1, 0.15) is 32.6 Å². The molecule has 0 radical (unpaired) electrons. The minimum atomic E-state index is -1.10. The van der Waals surface area contributed by atoms with E-state index in [0.717, 1.165) is 25.3 Å². The number of carbonyl (C=O) groups excluding carboxylic acids is 1. The van der Waals surface area contributed by atoms with Crippen LogP contribution in [0.5, 0.6) is 0 Å². The zero-order valence-electron chi connectivity index (χ0n) is 6.71. The first-order valence-electron chi connectivity index (χ1n) is 3.59. The predicted molar refractivity (Wildman–Crippen MR) is 40.8 cm³/mol. The standard InChI is InChI=1S/C6H14O2.CHNO/c1-2-3-4-5-6(7)8;2-1-3/h6-8H,2-5H2,1H3;2H. The van der Waals surface area contributed by atoms with Crippen molar-refractivity contribution in [3.8, 4) is 0 Å². The summed E-state index contributed by atoms with van der Waals surface area (Å²) >= 11 is 0. The topological polar surface area (TPSA) is 81.4 Å². The van der Waals surface area contributed by atoms with Crippen LogP contribution >= 0.6 is 0 Å². The van der Waals surface area contributed by atoms with E-state index in [1.807, 2.05) is 0 Å². The second-order valence-corrected chi connectivity index (χ2v) is 2.08. The van der Waals surface area contributed by atoms with Gasteiger partial charge in [0.05, 0.1) is 0 Å². The van der Waals surface area contributed by atoms with Gasteiger partial charge in [-0.3, -0.25) is 0 Å². The summed E-state index contributed by atoms with van der Waals surface area (Å²) in [5, 5.41) is 22.1. The molecule has 0 heterocycles. The monoisotopic (exact) mass is 161 g/mol. The van der Waals surface area contributed by atoms with Crippen molar-refractivity contribution < 1.29 is 15.0 Å². The molecule has 0 aromatic heterocycles. The summed E-state index contributed by atoms with van der Waals surface area (Å²) in [7, 11) is 0. The number of aliphatic hydroxyl groups excluding tert-OH is 1. The van der Waals surface area contributed by atoms with E-state index in [1.165, 1.54) is 0 Å². The maximum absolute atomic E-state index is 8.35. The molecule has 4 heteroatoms. The van der Waals surface area contributed by atoms with Gasteiger partial charge in [0.1, 0.15) is 0 Å². The zero-order chi connectivity index (χ0) is 9.11. The summed E-state index contributed by atoms with van der Waals surface area (Å²) in [5.74, 6) is 0. The largest absolute Gasteiger partial charge is 0.368 e. The molecule has 0 unspecified atom stereocenters. The Balaban J connectivity index is 0. The van der Waals surface area contributed by atoms with Crippen molar-refractivity contribution in [2.75, 3.05) is 0 Å². The summed E-state index contributed by atoms with van der Waals surface area (Å²) in [6, 6.07) is 0. The average molecular weight is 161 g/mol. The number of aliphatic hydroxyl groups is 2. The summed E-state index contributed by atoms with van der Waals surface area (Å²) in [5.41, 5.74) is 0. The third-order valence-corrected chi connectivity index (χ3v) is 1.07. The van der Waals surface area contributed by atoms with E-state index in [2.05, 4.69) is 6.92 Å². The van der Waals surface area contributed by atoms with Crippen molar-refractivity contribution in [3.63, 3.8) is 0 Å². The Kier molecular flexibility index (Phi) is 14.1. The fourth-order valence-corrected chi connectivity index (χ4v) is 0.577. The van der Waals surface area contributed by atoms with Crippen LogP contribution in [0.4, 0.5) is 0 Å². The molecule has 0 aliphatic heterocycles. The molecule has 0 saturated heterocycles. The average Bonchev–Trinajstić information content (AvgIpc) is 1.89. The highest BCUT2D eigenvalue weighted by molar-refractivity contribution is 5.26. The van der Waals surface area contributed by atoms with Crippen LogP contribution in [0.15, 0.2) is 0 Å². The van der Waals surface area contributed by atoms with Gasteiger partial charge in [0, 0.05) is 0 Å². The van der Waals surface area contributed by atoms with Gasteiger partial charge in [-0.15, -0.1) is 0 Å². The molecule has 0 bridgehead atoms. The summed E-state index contributed by atoms with van der Waals surface area (Å²) in [6.07, 6.45) is 3.33. The number of hydrogen-bond acceptors (Lipinski definition) is 4. The Hall–Kier alpha value is -0.700. The van der Waals surface area contributed by atoms with Gasteiger partial charge in [0.2, 0.25) is 6.08 Å². The van der Waals surface area contributed by atoms with Crippen LogP contribution in [0.3, 0.4) is 0 Å². The van der Waals surface area contributed by atoms with Gasteiger partial charge in [-0.25, -0.2) is 10.2 Å². The minimum absolute atomic E-state index is 0.522. The van der Waals surface area contributed by atoms with Gasteiger partial charge in [0.15, 0.2) is 6.29 Å². The van der Waals surface area contributed by atoms with Crippen LogP contribution in [0, 0.1) is 5.41 Å². The van der Waals surface area contributed by atoms with E-state index in [-0.39, 0.29) is 0 Å².